The Bertz CT molecular complexity index is 1560. The van der Waals surface area contributed by atoms with Crippen LogP contribution in [0.15, 0.2) is 48.6 Å². The van der Waals surface area contributed by atoms with E-state index < -0.39 is 22.2 Å². The number of carbonyl (C=O) groups is 1. The average molecular weight is 642 g/mol. The molecule has 2 fully saturated rings. The molecule has 2 unspecified atom stereocenters. The zero-order valence-electron chi connectivity index (χ0n) is 24.8. The number of aryl methyl sites for hydroxylation is 1. The molecular formula is C33H40ClN3O6S. The summed E-state index contributed by atoms with van der Waals surface area (Å²) in [6.45, 7) is 2.63. The molecule has 1 amide bonds. The second-order valence-electron chi connectivity index (χ2n) is 13.1. The monoisotopic (exact) mass is 641 g/mol. The maximum Gasteiger partial charge on any atom is 0.304 e. The second-order valence-corrected chi connectivity index (χ2v) is 15.2. The first kappa shape index (κ1) is 30.0. The van der Waals surface area contributed by atoms with Crippen molar-refractivity contribution in [3.05, 3.63) is 70.3 Å². The molecule has 44 heavy (non-hydrogen) atoms. The third-order valence-corrected chi connectivity index (χ3v) is 12.0. The lowest BCUT2D eigenvalue weighted by Crippen LogP contribution is -2.49. The van der Waals surface area contributed by atoms with Crippen LogP contribution in [0.2, 0.25) is 5.02 Å². The molecule has 9 nitrogen and oxygen atoms in total. The number of halogens is 1. The van der Waals surface area contributed by atoms with Crippen molar-refractivity contribution in [2.24, 2.45) is 11.8 Å². The molecular weight excluding hydrogens is 602 g/mol. The molecule has 236 valence electrons. The van der Waals surface area contributed by atoms with Crippen LogP contribution in [0.5, 0.6) is 5.75 Å². The third-order valence-electron chi connectivity index (χ3n) is 10.3. The first-order valence-electron chi connectivity index (χ1n) is 15.8. The van der Waals surface area contributed by atoms with E-state index in [1.54, 1.807) is 30.4 Å². The zero-order valence-corrected chi connectivity index (χ0v) is 26.4. The van der Waals surface area contributed by atoms with Crippen molar-refractivity contribution in [2.75, 3.05) is 44.3 Å². The second kappa shape index (κ2) is 11.9. The van der Waals surface area contributed by atoms with Crippen molar-refractivity contribution in [1.82, 2.24) is 9.03 Å². The number of nitrogens with zero attached hydrogens (tertiary/aromatic N) is 2. The molecule has 5 atom stereocenters. The van der Waals surface area contributed by atoms with Gasteiger partial charge in [-0.05, 0) is 98.2 Å². The number of fused-ring (bicyclic) bond motifs is 4. The molecule has 11 heteroatoms. The summed E-state index contributed by atoms with van der Waals surface area (Å²) in [5, 5.41) is 12.0. The van der Waals surface area contributed by atoms with Crippen LogP contribution in [0, 0.1) is 11.8 Å². The van der Waals surface area contributed by atoms with Gasteiger partial charge in [-0.2, -0.15) is 12.7 Å². The highest BCUT2D eigenvalue weighted by Crippen LogP contribution is 2.46. The highest BCUT2D eigenvalue weighted by molar-refractivity contribution is 7.87. The molecule has 1 saturated heterocycles. The van der Waals surface area contributed by atoms with Crippen molar-refractivity contribution in [3.8, 4) is 5.75 Å². The van der Waals surface area contributed by atoms with E-state index >= 15 is 0 Å². The standard InChI is InChI=1S/C33H40ClN3O6S/c34-25-9-11-28-22(16-25)4-1-13-33(28)20-36-18-24-7-10-27(24)30(38)6-2-14-37(19-26-5-3-15-42-26)44(40,41)35-32(39)23-8-12-31(43-21-33)29(36)17-23/h2,6,8-9,11-12,16-17,24,26-27,30,38H,1,3-5,7,10,13-15,18-21H2,(H,35,39)/b6-2+/t24?,26-,27?,30+,33+/m1/s1. The molecule has 3 heterocycles. The molecule has 2 aromatic rings. The third kappa shape index (κ3) is 5.75. The van der Waals surface area contributed by atoms with E-state index in [1.807, 2.05) is 6.07 Å². The van der Waals surface area contributed by atoms with Gasteiger partial charge >= 0.3 is 10.2 Å². The lowest BCUT2D eigenvalue weighted by atomic mass is 9.68. The Morgan fingerprint density at radius 3 is 2.80 bits per heavy atom. The van der Waals surface area contributed by atoms with Gasteiger partial charge in [0.25, 0.3) is 5.91 Å². The fourth-order valence-corrected chi connectivity index (χ4v) is 9.12. The molecule has 0 radical (unpaired) electrons. The van der Waals surface area contributed by atoms with Crippen molar-refractivity contribution in [2.45, 2.75) is 62.6 Å². The lowest BCUT2D eigenvalue weighted by molar-refractivity contribution is 0.0455. The Morgan fingerprint density at radius 2 is 2.00 bits per heavy atom. The van der Waals surface area contributed by atoms with Crippen molar-refractivity contribution < 1.29 is 27.8 Å². The molecule has 1 spiro atoms. The van der Waals surface area contributed by atoms with Crippen LogP contribution < -0.4 is 14.4 Å². The molecule has 0 aromatic heterocycles. The summed E-state index contributed by atoms with van der Waals surface area (Å²) in [7, 11) is -4.19. The number of aliphatic hydroxyl groups excluding tert-OH is 1. The van der Waals surface area contributed by atoms with Gasteiger partial charge in [-0.1, -0.05) is 29.8 Å². The lowest BCUT2D eigenvalue weighted by Gasteiger charge is -2.45. The number of ether oxygens (including phenoxy) is 2. The van der Waals surface area contributed by atoms with Crippen LogP contribution in [0.1, 0.15) is 60.0 Å². The SMILES string of the molecule is O=C1NS(=O)(=O)N(C[C@H]2CCCO2)C/C=C/[C@H](O)C2CCC2CN2C[C@@]3(CCCc4cc(Cl)ccc43)COc3ccc1cc32. The van der Waals surface area contributed by atoms with E-state index in [9.17, 15) is 18.3 Å². The minimum absolute atomic E-state index is 0.0347. The van der Waals surface area contributed by atoms with E-state index in [4.69, 9.17) is 21.1 Å². The molecule has 5 aliphatic rings. The quantitative estimate of drug-likeness (QED) is 0.473. The summed E-state index contributed by atoms with van der Waals surface area (Å²) < 4.78 is 42.9. The van der Waals surface area contributed by atoms with Crippen molar-refractivity contribution in [1.29, 1.82) is 0 Å². The maximum atomic E-state index is 13.5. The number of hydrogen-bond acceptors (Lipinski definition) is 7. The number of hydrogen-bond donors (Lipinski definition) is 2. The van der Waals surface area contributed by atoms with Crippen LogP contribution >= 0.6 is 11.6 Å². The Balaban J connectivity index is 1.26. The van der Waals surface area contributed by atoms with E-state index in [0.29, 0.717) is 32.1 Å². The van der Waals surface area contributed by atoms with Crippen LogP contribution in [-0.2, 0) is 26.8 Å². The van der Waals surface area contributed by atoms with Crippen LogP contribution in [0.4, 0.5) is 5.69 Å². The molecule has 2 aliphatic carbocycles. The van der Waals surface area contributed by atoms with Gasteiger partial charge in [0.05, 0.1) is 24.5 Å². The number of amides is 1. The Kier molecular flexibility index (Phi) is 8.16. The fraction of sp³-hybridized carbons (Fsp3) is 0.545. The van der Waals surface area contributed by atoms with Gasteiger partial charge in [0.1, 0.15) is 5.75 Å². The molecule has 2 bridgehead atoms. The van der Waals surface area contributed by atoms with Crippen LogP contribution in [0.3, 0.4) is 0 Å². The summed E-state index contributed by atoms with van der Waals surface area (Å²) in [6.07, 6.45) is 8.96. The molecule has 2 N–H and O–H groups in total. The predicted octanol–water partition coefficient (Wildman–Crippen LogP) is 4.23. The molecule has 7 rings (SSSR count). The highest BCUT2D eigenvalue weighted by Gasteiger charge is 2.44. The Labute approximate surface area is 264 Å². The van der Waals surface area contributed by atoms with Crippen LogP contribution in [-0.4, -0.2) is 75.3 Å². The first-order valence-corrected chi connectivity index (χ1v) is 17.6. The van der Waals surface area contributed by atoms with E-state index in [-0.39, 0.29) is 42.0 Å². The smallest absolute Gasteiger partial charge is 0.304 e. The fourth-order valence-electron chi connectivity index (χ4n) is 7.80. The van der Waals surface area contributed by atoms with Gasteiger partial charge in [-0.15, -0.1) is 0 Å². The predicted molar refractivity (Wildman–Crippen MR) is 169 cm³/mol. The number of carbonyl (C=O) groups excluding carboxylic acids is 1. The van der Waals surface area contributed by atoms with Crippen LogP contribution in [0.25, 0.3) is 0 Å². The van der Waals surface area contributed by atoms with Gasteiger partial charge in [0.15, 0.2) is 0 Å². The largest absolute Gasteiger partial charge is 0.490 e. The summed E-state index contributed by atoms with van der Waals surface area (Å²) in [6, 6.07) is 11.3. The minimum Gasteiger partial charge on any atom is -0.490 e. The minimum atomic E-state index is -4.19. The van der Waals surface area contributed by atoms with Gasteiger partial charge in [0, 0.05) is 48.8 Å². The van der Waals surface area contributed by atoms with E-state index in [1.165, 1.54) is 15.4 Å². The summed E-state index contributed by atoms with van der Waals surface area (Å²) in [4.78, 5) is 15.8. The number of rotatable bonds is 2. The normalized spacial score (nSPS) is 32.6. The number of aliphatic hydroxyl groups is 1. The van der Waals surface area contributed by atoms with E-state index in [2.05, 4.69) is 21.8 Å². The zero-order chi connectivity index (χ0) is 30.5. The number of nitrogens with one attached hydrogen (secondary N) is 1. The Hall–Kier alpha value is -2.63. The first-order chi connectivity index (χ1) is 21.2. The highest BCUT2D eigenvalue weighted by atomic mass is 35.5. The Morgan fingerprint density at radius 1 is 1.11 bits per heavy atom. The molecule has 1 saturated carbocycles. The number of benzene rings is 2. The summed E-state index contributed by atoms with van der Waals surface area (Å²) >= 11 is 6.39. The summed E-state index contributed by atoms with van der Waals surface area (Å²) in [5.74, 6) is 0.272. The average Bonchev–Trinajstić information content (AvgIpc) is 3.44. The van der Waals surface area contributed by atoms with Gasteiger partial charge in [0.2, 0.25) is 0 Å². The van der Waals surface area contributed by atoms with E-state index in [0.717, 1.165) is 55.7 Å². The maximum absolute atomic E-state index is 13.5. The van der Waals surface area contributed by atoms with Gasteiger partial charge in [-0.25, -0.2) is 4.72 Å². The summed E-state index contributed by atoms with van der Waals surface area (Å²) in [5.41, 5.74) is 3.25. The van der Waals surface area contributed by atoms with Gasteiger partial charge < -0.3 is 19.5 Å². The van der Waals surface area contributed by atoms with Crippen molar-refractivity contribution >= 4 is 33.4 Å². The number of anilines is 1. The molecule has 3 aliphatic heterocycles. The van der Waals surface area contributed by atoms with Crippen molar-refractivity contribution in [3.63, 3.8) is 0 Å². The molecule has 2 aromatic carbocycles. The topological polar surface area (TPSA) is 108 Å². The van der Waals surface area contributed by atoms with Gasteiger partial charge in [-0.3, -0.25) is 4.79 Å².